The molecule has 0 atom stereocenters. The average molecular weight is 307 g/mol. The van der Waals surface area contributed by atoms with Gasteiger partial charge in [-0.3, -0.25) is 5.10 Å². The highest BCUT2D eigenvalue weighted by atomic mass is 79.9. The second kappa shape index (κ2) is 4.38. The van der Waals surface area contributed by atoms with Crippen molar-refractivity contribution in [2.24, 2.45) is 0 Å². The highest BCUT2D eigenvalue weighted by Crippen LogP contribution is 2.31. The zero-order chi connectivity index (χ0) is 11.7. The molecular weight excluding hydrogens is 300 g/mol. The minimum Gasteiger partial charge on any atom is -0.257 e. The van der Waals surface area contributed by atoms with Crippen LogP contribution in [0.25, 0.3) is 22.1 Å². The van der Waals surface area contributed by atoms with Gasteiger partial charge in [0.2, 0.25) is 0 Å². The van der Waals surface area contributed by atoms with Crippen molar-refractivity contribution in [1.82, 2.24) is 20.2 Å². The van der Waals surface area contributed by atoms with Gasteiger partial charge in [0, 0.05) is 15.4 Å². The van der Waals surface area contributed by atoms with E-state index >= 15 is 0 Å². The van der Waals surface area contributed by atoms with Crippen LogP contribution < -0.4 is 0 Å². The van der Waals surface area contributed by atoms with E-state index in [4.69, 9.17) is 0 Å². The van der Waals surface area contributed by atoms with Crippen LogP contribution in [0.3, 0.4) is 0 Å². The summed E-state index contributed by atoms with van der Waals surface area (Å²) in [6.45, 7) is 0. The molecule has 2 aromatic heterocycles. The third-order valence-corrected chi connectivity index (χ3v) is 3.81. The second-order valence-electron chi connectivity index (χ2n) is 3.35. The quantitative estimate of drug-likeness (QED) is 0.790. The molecule has 3 rings (SSSR count). The van der Waals surface area contributed by atoms with Gasteiger partial charge < -0.3 is 0 Å². The Labute approximate surface area is 110 Å². The molecule has 4 nitrogen and oxygen atoms in total. The third kappa shape index (κ3) is 2.01. The molecule has 1 N–H and O–H groups in total. The number of halogens is 1. The Balaban J connectivity index is 2.04. The molecule has 0 aliphatic carbocycles. The number of hydrogen-bond acceptors (Lipinski definition) is 4. The lowest BCUT2D eigenvalue weighted by atomic mass is 10.2. The fourth-order valence-corrected chi connectivity index (χ4v) is 2.74. The summed E-state index contributed by atoms with van der Waals surface area (Å²) in [6.07, 6.45) is 1.48. The van der Waals surface area contributed by atoms with E-state index in [0.29, 0.717) is 5.82 Å². The van der Waals surface area contributed by atoms with E-state index < -0.39 is 0 Å². The van der Waals surface area contributed by atoms with Crippen LogP contribution in [-0.2, 0) is 0 Å². The van der Waals surface area contributed by atoms with E-state index in [0.717, 1.165) is 20.7 Å². The summed E-state index contributed by atoms with van der Waals surface area (Å²) in [6, 6.07) is 8.01. The van der Waals surface area contributed by atoms with Gasteiger partial charge in [0.1, 0.15) is 6.33 Å². The molecule has 1 aromatic carbocycles. The van der Waals surface area contributed by atoms with E-state index in [-0.39, 0.29) is 0 Å². The first-order chi connectivity index (χ1) is 8.34. The predicted molar refractivity (Wildman–Crippen MR) is 70.6 cm³/mol. The van der Waals surface area contributed by atoms with Crippen molar-refractivity contribution in [2.75, 3.05) is 0 Å². The number of hydrogen-bond donors (Lipinski definition) is 1. The van der Waals surface area contributed by atoms with Crippen molar-refractivity contribution in [2.45, 2.75) is 0 Å². The summed E-state index contributed by atoms with van der Waals surface area (Å²) < 4.78 is 1.04. The minimum atomic E-state index is 0.702. The van der Waals surface area contributed by atoms with Gasteiger partial charge in [-0.05, 0) is 6.07 Å². The molecule has 0 bridgehead atoms. The van der Waals surface area contributed by atoms with Gasteiger partial charge in [-0.15, -0.1) is 11.3 Å². The van der Waals surface area contributed by atoms with Crippen molar-refractivity contribution in [1.29, 1.82) is 0 Å². The Morgan fingerprint density at radius 1 is 1.24 bits per heavy atom. The predicted octanol–water partition coefficient (Wildman–Crippen LogP) is 3.36. The Kier molecular flexibility index (Phi) is 2.74. The highest BCUT2D eigenvalue weighted by Gasteiger charge is 2.10. The van der Waals surface area contributed by atoms with Gasteiger partial charge in [0.25, 0.3) is 0 Å². The summed E-state index contributed by atoms with van der Waals surface area (Å²) >= 11 is 5.06. The monoisotopic (exact) mass is 306 g/mol. The molecule has 0 saturated heterocycles. The lowest BCUT2D eigenvalue weighted by molar-refractivity contribution is 1.09. The molecule has 0 amide bonds. The second-order valence-corrected chi connectivity index (χ2v) is 5.06. The topological polar surface area (TPSA) is 54.5 Å². The number of aromatic nitrogens is 4. The molecule has 0 aliphatic rings. The minimum absolute atomic E-state index is 0.702. The number of H-pyrrole nitrogens is 1. The standard InChI is InChI=1S/C11H7BrN4S/c12-8-4-2-1-3-7(8)9-5-17-11(15-9)10-13-6-14-16-10/h1-6H,(H,13,14,16). The zero-order valence-corrected chi connectivity index (χ0v) is 11.0. The summed E-state index contributed by atoms with van der Waals surface area (Å²) in [7, 11) is 0. The molecule has 0 radical (unpaired) electrons. The van der Waals surface area contributed by atoms with E-state index in [2.05, 4.69) is 36.1 Å². The van der Waals surface area contributed by atoms with E-state index in [1.807, 2.05) is 29.6 Å². The van der Waals surface area contributed by atoms with Gasteiger partial charge in [-0.1, -0.05) is 34.1 Å². The van der Waals surface area contributed by atoms with Gasteiger partial charge in [0.15, 0.2) is 10.8 Å². The van der Waals surface area contributed by atoms with Crippen LogP contribution in [0.2, 0.25) is 0 Å². The fourth-order valence-electron chi connectivity index (χ4n) is 1.48. The summed E-state index contributed by atoms with van der Waals surface area (Å²) in [5.41, 5.74) is 2.02. The molecule has 84 valence electrons. The molecule has 17 heavy (non-hydrogen) atoms. The normalized spacial score (nSPS) is 10.6. The first-order valence-electron chi connectivity index (χ1n) is 4.91. The van der Waals surface area contributed by atoms with Crippen LogP contribution >= 0.6 is 27.3 Å². The number of aromatic amines is 1. The van der Waals surface area contributed by atoms with Crippen molar-refractivity contribution < 1.29 is 0 Å². The number of thiazole rings is 1. The van der Waals surface area contributed by atoms with Crippen LogP contribution in [0.1, 0.15) is 0 Å². The van der Waals surface area contributed by atoms with Crippen LogP contribution in [0.5, 0.6) is 0 Å². The van der Waals surface area contributed by atoms with E-state index in [9.17, 15) is 0 Å². The highest BCUT2D eigenvalue weighted by molar-refractivity contribution is 9.10. The lowest BCUT2D eigenvalue weighted by Gasteiger charge is -1.98. The van der Waals surface area contributed by atoms with Crippen molar-refractivity contribution in [3.8, 4) is 22.1 Å². The number of rotatable bonds is 2. The maximum absolute atomic E-state index is 4.54. The first kappa shape index (κ1) is 10.6. The molecule has 0 saturated carbocycles. The maximum atomic E-state index is 4.54. The van der Waals surface area contributed by atoms with Gasteiger partial charge in [-0.2, -0.15) is 5.10 Å². The van der Waals surface area contributed by atoms with Crippen molar-refractivity contribution >= 4 is 27.3 Å². The lowest BCUT2D eigenvalue weighted by Crippen LogP contribution is -1.82. The fraction of sp³-hybridized carbons (Fsp3) is 0. The summed E-state index contributed by atoms with van der Waals surface area (Å²) in [5, 5.41) is 9.48. The molecule has 0 unspecified atom stereocenters. The number of benzene rings is 1. The Bertz CT molecular complexity index is 632. The Hall–Kier alpha value is -1.53. The number of nitrogens with zero attached hydrogens (tertiary/aromatic N) is 3. The maximum Gasteiger partial charge on any atom is 0.184 e. The zero-order valence-electron chi connectivity index (χ0n) is 8.59. The van der Waals surface area contributed by atoms with E-state index in [1.165, 1.54) is 6.33 Å². The Morgan fingerprint density at radius 3 is 2.88 bits per heavy atom. The van der Waals surface area contributed by atoms with Crippen molar-refractivity contribution in [3.05, 3.63) is 40.4 Å². The largest absolute Gasteiger partial charge is 0.257 e. The van der Waals surface area contributed by atoms with Gasteiger partial charge in [0.05, 0.1) is 5.69 Å². The molecular formula is C11H7BrN4S. The first-order valence-corrected chi connectivity index (χ1v) is 6.58. The number of nitrogens with one attached hydrogen (secondary N) is 1. The molecule has 0 aliphatic heterocycles. The summed E-state index contributed by atoms with van der Waals surface area (Å²) in [5.74, 6) is 0.702. The van der Waals surface area contributed by atoms with E-state index in [1.54, 1.807) is 11.3 Å². The average Bonchev–Trinajstić information content (AvgIpc) is 3.00. The Morgan fingerprint density at radius 2 is 2.12 bits per heavy atom. The summed E-state index contributed by atoms with van der Waals surface area (Å²) in [4.78, 5) is 8.62. The van der Waals surface area contributed by atoms with Crippen LogP contribution in [-0.4, -0.2) is 20.2 Å². The molecule has 0 fully saturated rings. The molecule has 6 heteroatoms. The smallest absolute Gasteiger partial charge is 0.184 e. The third-order valence-electron chi connectivity index (χ3n) is 2.27. The van der Waals surface area contributed by atoms with Crippen LogP contribution in [0.15, 0.2) is 40.4 Å². The molecule has 3 aromatic rings. The van der Waals surface area contributed by atoms with Gasteiger partial charge in [-0.25, -0.2) is 9.97 Å². The van der Waals surface area contributed by atoms with Crippen molar-refractivity contribution in [3.63, 3.8) is 0 Å². The van der Waals surface area contributed by atoms with Crippen LogP contribution in [0.4, 0.5) is 0 Å². The molecule has 0 spiro atoms. The molecule has 2 heterocycles. The van der Waals surface area contributed by atoms with Gasteiger partial charge >= 0.3 is 0 Å². The SMILES string of the molecule is Brc1ccccc1-c1csc(-c2ncn[nH]2)n1. The van der Waals surface area contributed by atoms with Crippen LogP contribution in [0, 0.1) is 0 Å².